The monoisotopic (exact) mass is 280 g/mol. The van der Waals surface area contributed by atoms with Crippen LogP contribution in [0, 0.1) is 0 Å². The molecule has 1 atom stereocenters. The number of ether oxygens (including phenoxy) is 1. The molecule has 19 heavy (non-hydrogen) atoms. The number of aliphatic hydroxyl groups is 1. The SMILES string of the molecule is OC(Nc1noc(C2CC2)c1Cl)Oc1ccccc1. The molecule has 1 aliphatic carbocycles. The maximum absolute atomic E-state index is 9.77. The molecule has 1 aromatic heterocycles. The third-order valence-corrected chi connectivity index (χ3v) is 3.22. The summed E-state index contributed by atoms with van der Waals surface area (Å²) in [6.45, 7) is 0. The molecule has 1 aromatic carbocycles. The van der Waals surface area contributed by atoms with Gasteiger partial charge in [-0.2, -0.15) is 0 Å². The zero-order chi connectivity index (χ0) is 13.2. The van der Waals surface area contributed by atoms with Crippen LogP contribution < -0.4 is 10.1 Å². The fourth-order valence-corrected chi connectivity index (χ4v) is 2.03. The summed E-state index contributed by atoms with van der Waals surface area (Å²) < 4.78 is 10.4. The van der Waals surface area contributed by atoms with Gasteiger partial charge in [0, 0.05) is 5.92 Å². The fraction of sp³-hybridized carbons (Fsp3) is 0.308. The lowest BCUT2D eigenvalue weighted by molar-refractivity contribution is 0.00720. The molecule has 2 aromatic rings. The molecule has 100 valence electrons. The number of hydrogen-bond acceptors (Lipinski definition) is 5. The number of nitrogens with one attached hydrogen (secondary N) is 1. The van der Waals surface area contributed by atoms with E-state index in [1.807, 2.05) is 18.2 Å². The number of aromatic nitrogens is 1. The Labute approximate surface area is 115 Å². The van der Waals surface area contributed by atoms with E-state index in [-0.39, 0.29) is 0 Å². The summed E-state index contributed by atoms with van der Waals surface area (Å²) >= 11 is 6.12. The van der Waals surface area contributed by atoms with E-state index in [1.54, 1.807) is 12.1 Å². The van der Waals surface area contributed by atoms with Gasteiger partial charge >= 0.3 is 0 Å². The van der Waals surface area contributed by atoms with Gasteiger partial charge in [-0.1, -0.05) is 35.0 Å². The predicted molar refractivity (Wildman–Crippen MR) is 70.2 cm³/mol. The Morgan fingerprint density at radius 1 is 1.37 bits per heavy atom. The molecule has 2 N–H and O–H groups in total. The average molecular weight is 281 g/mol. The van der Waals surface area contributed by atoms with Crippen molar-refractivity contribution in [3.8, 4) is 5.75 Å². The molecule has 0 bridgehead atoms. The van der Waals surface area contributed by atoms with Crippen molar-refractivity contribution in [2.24, 2.45) is 0 Å². The third-order valence-electron chi connectivity index (χ3n) is 2.86. The third kappa shape index (κ3) is 2.83. The Kier molecular flexibility index (Phi) is 3.31. The summed E-state index contributed by atoms with van der Waals surface area (Å²) in [6, 6.07) is 8.98. The van der Waals surface area contributed by atoms with Crippen LogP contribution in [0.25, 0.3) is 0 Å². The predicted octanol–water partition coefficient (Wildman–Crippen LogP) is 2.97. The lowest BCUT2D eigenvalue weighted by Crippen LogP contribution is -2.25. The van der Waals surface area contributed by atoms with Crippen molar-refractivity contribution < 1.29 is 14.4 Å². The van der Waals surface area contributed by atoms with Crippen molar-refractivity contribution in [2.75, 3.05) is 5.32 Å². The van der Waals surface area contributed by atoms with Gasteiger partial charge in [0.2, 0.25) is 0 Å². The summed E-state index contributed by atoms with van der Waals surface area (Å²) in [7, 11) is 0. The number of nitrogens with zero attached hydrogens (tertiary/aromatic N) is 1. The molecule has 1 saturated carbocycles. The molecule has 1 heterocycles. The minimum absolute atomic E-state index is 0.298. The van der Waals surface area contributed by atoms with Gasteiger partial charge in [-0.15, -0.1) is 0 Å². The van der Waals surface area contributed by atoms with Gasteiger partial charge < -0.3 is 19.7 Å². The van der Waals surface area contributed by atoms with Gasteiger partial charge in [-0.25, -0.2) is 0 Å². The van der Waals surface area contributed by atoms with Crippen LogP contribution in [0.5, 0.6) is 5.75 Å². The first-order valence-electron chi connectivity index (χ1n) is 6.05. The first-order valence-corrected chi connectivity index (χ1v) is 6.43. The van der Waals surface area contributed by atoms with Crippen molar-refractivity contribution in [3.63, 3.8) is 0 Å². The molecule has 6 heteroatoms. The van der Waals surface area contributed by atoms with Crippen LogP contribution in [0.3, 0.4) is 0 Å². The van der Waals surface area contributed by atoms with E-state index in [1.165, 1.54) is 0 Å². The minimum Gasteiger partial charge on any atom is -0.447 e. The molecule has 0 spiro atoms. The van der Waals surface area contributed by atoms with Crippen molar-refractivity contribution >= 4 is 17.4 Å². The van der Waals surface area contributed by atoms with E-state index in [0.717, 1.165) is 12.8 Å². The molecule has 1 fully saturated rings. The first-order chi connectivity index (χ1) is 9.24. The van der Waals surface area contributed by atoms with Crippen molar-refractivity contribution in [1.29, 1.82) is 0 Å². The van der Waals surface area contributed by atoms with Crippen LogP contribution in [0.4, 0.5) is 5.82 Å². The van der Waals surface area contributed by atoms with Crippen molar-refractivity contribution in [1.82, 2.24) is 5.16 Å². The number of hydrogen-bond donors (Lipinski definition) is 2. The smallest absolute Gasteiger partial charge is 0.280 e. The molecule has 0 aliphatic heterocycles. The van der Waals surface area contributed by atoms with Gasteiger partial charge in [-0.3, -0.25) is 0 Å². The average Bonchev–Trinajstić information content (AvgIpc) is 3.18. The molecular formula is C13H13ClN2O3. The summed E-state index contributed by atoms with van der Waals surface area (Å²) in [4.78, 5) is 0. The van der Waals surface area contributed by atoms with E-state index in [0.29, 0.717) is 28.3 Å². The number of para-hydroxylation sites is 1. The Bertz CT molecular complexity index is 554. The Morgan fingerprint density at radius 3 is 2.79 bits per heavy atom. The van der Waals surface area contributed by atoms with Crippen LogP contribution in [-0.4, -0.2) is 16.7 Å². The molecule has 0 amide bonds. The zero-order valence-electron chi connectivity index (χ0n) is 10.0. The number of benzene rings is 1. The van der Waals surface area contributed by atoms with Crippen LogP contribution in [0.2, 0.25) is 5.02 Å². The molecular weight excluding hydrogens is 268 g/mol. The normalized spacial score (nSPS) is 16.1. The fourth-order valence-electron chi connectivity index (χ4n) is 1.76. The van der Waals surface area contributed by atoms with Gasteiger partial charge in [0.05, 0.1) is 0 Å². The quantitative estimate of drug-likeness (QED) is 0.824. The highest BCUT2D eigenvalue weighted by atomic mass is 35.5. The molecule has 1 aliphatic rings. The second-order valence-corrected chi connectivity index (χ2v) is 4.79. The van der Waals surface area contributed by atoms with Crippen LogP contribution >= 0.6 is 11.6 Å². The van der Waals surface area contributed by atoms with Crippen molar-refractivity contribution in [3.05, 3.63) is 41.1 Å². The second-order valence-electron chi connectivity index (χ2n) is 4.41. The number of anilines is 1. The van der Waals surface area contributed by atoms with E-state index >= 15 is 0 Å². The Hall–Kier alpha value is -1.72. The number of rotatable bonds is 5. The highest BCUT2D eigenvalue weighted by molar-refractivity contribution is 6.33. The standard InChI is InChI=1S/C13H13ClN2O3/c14-10-11(8-6-7-8)19-16-12(10)15-13(17)18-9-4-2-1-3-5-9/h1-5,8,13,17H,6-7H2,(H,15,16). The molecule has 5 nitrogen and oxygen atoms in total. The van der Waals surface area contributed by atoms with Gasteiger partial charge in [0.1, 0.15) is 10.8 Å². The van der Waals surface area contributed by atoms with Gasteiger partial charge in [-0.05, 0) is 25.0 Å². The molecule has 3 rings (SSSR count). The number of aliphatic hydroxyl groups excluding tert-OH is 1. The topological polar surface area (TPSA) is 67.5 Å². The highest BCUT2D eigenvalue weighted by Gasteiger charge is 2.32. The highest BCUT2D eigenvalue weighted by Crippen LogP contribution is 2.45. The van der Waals surface area contributed by atoms with Crippen LogP contribution in [0.15, 0.2) is 34.9 Å². The van der Waals surface area contributed by atoms with E-state index in [4.69, 9.17) is 20.9 Å². The maximum atomic E-state index is 9.77. The number of halogens is 1. The Balaban J connectivity index is 1.64. The minimum atomic E-state index is -1.24. The van der Waals surface area contributed by atoms with Gasteiger partial charge in [0.25, 0.3) is 6.41 Å². The van der Waals surface area contributed by atoms with E-state index in [2.05, 4.69) is 10.5 Å². The molecule has 0 saturated heterocycles. The molecule has 0 radical (unpaired) electrons. The summed E-state index contributed by atoms with van der Waals surface area (Å²) in [6.07, 6.45) is 0.895. The summed E-state index contributed by atoms with van der Waals surface area (Å²) in [5.41, 5.74) is 0. The lowest BCUT2D eigenvalue weighted by atomic mass is 10.3. The van der Waals surface area contributed by atoms with E-state index < -0.39 is 6.41 Å². The summed E-state index contributed by atoms with van der Waals surface area (Å²) in [5, 5.41) is 16.6. The molecule has 1 unspecified atom stereocenters. The van der Waals surface area contributed by atoms with Crippen LogP contribution in [0.1, 0.15) is 24.5 Å². The van der Waals surface area contributed by atoms with Crippen molar-refractivity contribution in [2.45, 2.75) is 25.2 Å². The largest absolute Gasteiger partial charge is 0.447 e. The van der Waals surface area contributed by atoms with Crippen LogP contribution in [-0.2, 0) is 0 Å². The Morgan fingerprint density at radius 2 is 2.11 bits per heavy atom. The second kappa shape index (κ2) is 5.11. The zero-order valence-corrected chi connectivity index (χ0v) is 10.8. The van der Waals surface area contributed by atoms with Gasteiger partial charge in [0.15, 0.2) is 11.6 Å². The lowest BCUT2D eigenvalue weighted by Gasteiger charge is -2.13. The maximum Gasteiger partial charge on any atom is 0.280 e. The first kappa shape index (κ1) is 12.3. The summed E-state index contributed by atoms with van der Waals surface area (Å²) in [5.74, 6) is 1.88. The van der Waals surface area contributed by atoms with E-state index in [9.17, 15) is 5.11 Å².